The summed E-state index contributed by atoms with van der Waals surface area (Å²) in [6.07, 6.45) is 1.90. The normalized spacial score (nSPS) is 12.2. The van der Waals surface area contributed by atoms with Crippen LogP contribution >= 0.6 is 0 Å². The lowest BCUT2D eigenvalue weighted by Gasteiger charge is -2.31. The number of aryl methyl sites for hydroxylation is 1. The molecule has 0 radical (unpaired) electrons. The summed E-state index contributed by atoms with van der Waals surface area (Å²) in [6, 6.07) is 10.6. The van der Waals surface area contributed by atoms with Crippen LogP contribution in [0.1, 0.15) is 42.9 Å². The van der Waals surface area contributed by atoms with Gasteiger partial charge in [0, 0.05) is 26.6 Å². The number of sulfonamides is 1. The molecule has 7 nitrogen and oxygen atoms in total. The SMILES string of the molecule is CCC(C(=O)NC)N(Cc1ccc(F)cc1)C(=O)CCCN(c1cccc(C)c1C)S(C)(=O)=O. The molecule has 0 fully saturated rings. The van der Waals surface area contributed by atoms with Gasteiger partial charge in [0.1, 0.15) is 11.9 Å². The molecule has 0 heterocycles. The molecule has 186 valence electrons. The van der Waals surface area contributed by atoms with Crippen LogP contribution in [0.25, 0.3) is 0 Å². The van der Waals surface area contributed by atoms with Gasteiger partial charge in [-0.3, -0.25) is 13.9 Å². The molecule has 0 aromatic heterocycles. The van der Waals surface area contributed by atoms with Gasteiger partial charge in [-0.2, -0.15) is 0 Å². The largest absolute Gasteiger partial charge is 0.357 e. The van der Waals surface area contributed by atoms with Crippen molar-refractivity contribution in [2.45, 2.75) is 52.6 Å². The molecule has 2 amide bonds. The van der Waals surface area contributed by atoms with Crippen molar-refractivity contribution in [1.29, 1.82) is 0 Å². The minimum absolute atomic E-state index is 0.0611. The Hall–Kier alpha value is -2.94. The fourth-order valence-corrected chi connectivity index (χ4v) is 4.88. The summed E-state index contributed by atoms with van der Waals surface area (Å²) in [5.41, 5.74) is 3.13. The molecule has 1 unspecified atom stereocenters. The van der Waals surface area contributed by atoms with Gasteiger partial charge < -0.3 is 10.2 Å². The third-order valence-corrected chi connectivity index (χ3v) is 7.08. The maximum absolute atomic E-state index is 13.3. The Morgan fingerprint density at radius 1 is 1.09 bits per heavy atom. The number of carbonyl (C=O) groups is 2. The lowest BCUT2D eigenvalue weighted by molar-refractivity contribution is -0.141. The number of hydrogen-bond acceptors (Lipinski definition) is 4. The highest BCUT2D eigenvalue weighted by Crippen LogP contribution is 2.25. The highest BCUT2D eigenvalue weighted by Gasteiger charge is 2.28. The second-order valence-corrected chi connectivity index (χ2v) is 10.3. The number of halogens is 1. The second kappa shape index (κ2) is 12.0. The highest BCUT2D eigenvalue weighted by atomic mass is 32.2. The van der Waals surface area contributed by atoms with E-state index in [2.05, 4.69) is 5.32 Å². The molecule has 0 aliphatic heterocycles. The van der Waals surface area contributed by atoms with E-state index in [9.17, 15) is 22.4 Å². The number of carbonyl (C=O) groups excluding carboxylic acids is 2. The number of likely N-dealkylation sites (N-methyl/N-ethyl adjacent to an activating group) is 1. The van der Waals surface area contributed by atoms with Crippen LogP contribution in [0, 0.1) is 19.7 Å². The van der Waals surface area contributed by atoms with E-state index in [4.69, 9.17) is 0 Å². The van der Waals surface area contributed by atoms with Gasteiger partial charge in [-0.05, 0) is 61.6 Å². The van der Waals surface area contributed by atoms with E-state index in [0.29, 0.717) is 17.7 Å². The molecule has 1 atom stereocenters. The Labute approximate surface area is 202 Å². The number of anilines is 1. The zero-order valence-corrected chi connectivity index (χ0v) is 21.3. The average molecular weight is 492 g/mol. The first-order valence-corrected chi connectivity index (χ1v) is 13.1. The summed E-state index contributed by atoms with van der Waals surface area (Å²) in [5, 5.41) is 2.59. The van der Waals surface area contributed by atoms with Crippen molar-refractivity contribution in [3.8, 4) is 0 Å². The zero-order valence-electron chi connectivity index (χ0n) is 20.5. The topological polar surface area (TPSA) is 86.8 Å². The van der Waals surface area contributed by atoms with Gasteiger partial charge in [-0.1, -0.05) is 31.2 Å². The van der Waals surface area contributed by atoms with Crippen LogP contribution in [0.4, 0.5) is 10.1 Å². The van der Waals surface area contributed by atoms with Crippen molar-refractivity contribution in [3.05, 3.63) is 65.0 Å². The molecule has 2 aromatic rings. The van der Waals surface area contributed by atoms with Crippen LogP contribution in [0.2, 0.25) is 0 Å². The van der Waals surface area contributed by atoms with Gasteiger partial charge in [0.15, 0.2) is 0 Å². The average Bonchev–Trinajstić information content (AvgIpc) is 2.79. The van der Waals surface area contributed by atoms with Crippen molar-refractivity contribution in [2.75, 3.05) is 24.2 Å². The van der Waals surface area contributed by atoms with E-state index in [0.717, 1.165) is 17.4 Å². The first-order valence-electron chi connectivity index (χ1n) is 11.3. The molecule has 0 aliphatic rings. The predicted octanol–water partition coefficient (Wildman–Crippen LogP) is 3.54. The fourth-order valence-electron chi connectivity index (χ4n) is 3.86. The molecule has 0 saturated heterocycles. The minimum atomic E-state index is -3.56. The predicted molar refractivity (Wildman–Crippen MR) is 132 cm³/mol. The smallest absolute Gasteiger partial charge is 0.242 e. The second-order valence-electron chi connectivity index (χ2n) is 8.34. The van der Waals surface area contributed by atoms with E-state index in [1.54, 1.807) is 24.3 Å². The molecule has 9 heteroatoms. The third-order valence-electron chi connectivity index (χ3n) is 5.90. The molecular weight excluding hydrogens is 457 g/mol. The first kappa shape index (κ1) is 27.3. The Bertz CT molecular complexity index is 1100. The van der Waals surface area contributed by atoms with Gasteiger partial charge in [0.2, 0.25) is 21.8 Å². The standard InChI is InChI=1S/C25H34FN3O4S/c1-6-22(25(31)27-4)28(17-20-12-14-21(26)15-13-20)24(30)11-8-16-29(34(5,32)33)23-10-7-9-18(2)19(23)3/h7,9-10,12-15,22H,6,8,11,16-17H2,1-5H3,(H,27,31). The molecule has 0 aliphatic carbocycles. The molecule has 0 spiro atoms. The van der Waals surface area contributed by atoms with Gasteiger partial charge >= 0.3 is 0 Å². The quantitative estimate of drug-likeness (QED) is 0.521. The molecule has 34 heavy (non-hydrogen) atoms. The summed E-state index contributed by atoms with van der Waals surface area (Å²) in [4.78, 5) is 27.2. The molecule has 1 N–H and O–H groups in total. The van der Waals surface area contributed by atoms with Crippen LogP contribution in [0.15, 0.2) is 42.5 Å². The van der Waals surface area contributed by atoms with Crippen molar-refractivity contribution >= 4 is 27.5 Å². The summed E-state index contributed by atoms with van der Waals surface area (Å²) in [5.74, 6) is -0.937. The molecular formula is C25H34FN3O4S. The van der Waals surface area contributed by atoms with Crippen molar-refractivity contribution in [2.24, 2.45) is 0 Å². The Morgan fingerprint density at radius 2 is 1.74 bits per heavy atom. The van der Waals surface area contributed by atoms with Crippen LogP contribution in [-0.2, 0) is 26.2 Å². The number of rotatable bonds is 11. The van der Waals surface area contributed by atoms with Crippen molar-refractivity contribution in [3.63, 3.8) is 0 Å². The van der Waals surface area contributed by atoms with Crippen LogP contribution < -0.4 is 9.62 Å². The van der Waals surface area contributed by atoms with Gasteiger partial charge in [0.25, 0.3) is 0 Å². The first-order chi connectivity index (χ1) is 16.0. The van der Waals surface area contributed by atoms with Crippen molar-refractivity contribution in [1.82, 2.24) is 10.2 Å². The highest BCUT2D eigenvalue weighted by molar-refractivity contribution is 7.92. The van der Waals surface area contributed by atoms with E-state index < -0.39 is 16.1 Å². The lowest BCUT2D eigenvalue weighted by Crippen LogP contribution is -2.48. The number of benzene rings is 2. The van der Waals surface area contributed by atoms with Crippen molar-refractivity contribution < 1.29 is 22.4 Å². The Morgan fingerprint density at radius 3 is 2.29 bits per heavy atom. The fraction of sp³-hybridized carbons (Fsp3) is 0.440. The van der Waals surface area contributed by atoms with Crippen LogP contribution in [-0.4, -0.2) is 51.0 Å². The summed E-state index contributed by atoms with van der Waals surface area (Å²) in [6.45, 7) is 5.89. The summed E-state index contributed by atoms with van der Waals surface area (Å²) < 4.78 is 39.7. The Kier molecular flexibility index (Phi) is 9.61. The van der Waals surface area contributed by atoms with Gasteiger partial charge in [-0.15, -0.1) is 0 Å². The van der Waals surface area contributed by atoms with Crippen LogP contribution in [0.3, 0.4) is 0 Å². The van der Waals surface area contributed by atoms with E-state index in [1.807, 2.05) is 26.8 Å². The Balaban J connectivity index is 2.21. The molecule has 2 aromatic carbocycles. The lowest BCUT2D eigenvalue weighted by atomic mass is 10.1. The number of nitrogens with one attached hydrogen (secondary N) is 1. The number of hydrogen-bond donors (Lipinski definition) is 1. The van der Waals surface area contributed by atoms with E-state index >= 15 is 0 Å². The third kappa shape index (κ3) is 7.03. The minimum Gasteiger partial charge on any atom is -0.357 e. The molecule has 0 bridgehead atoms. The van der Waals surface area contributed by atoms with Gasteiger partial charge in [0.05, 0.1) is 11.9 Å². The van der Waals surface area contributed by atoms with Gasteiger partial charge in [-0.25, -0.2) is 12.8 Å². The maximum atomic E-state index is 13.3. The summed E-state index contributed by atoms with van der Waals surface area (Å²) in [7, 11) is -2.04. The zero-order chi connectivity index (χ0) is 25.5. The van der Waals surface area contributed by atoms with E-state index in [-0.39, 0.29) is 43.6 Å². The monoisotopic (exact) mass is 491 g/mol. The van der Waals surface area contributed by atoms with E-state index in [1.165, 1.54) is 28.4 Å². The molecule has 0 saturated carbocycles. The molecule has 2 rings (SSSR count). The van der Waals surface area contributed by atoms with Crippen LogP contribution in [0.5, 0.6) is 0 Å². The maximum Gasteiger partial charge on any atom is 0.242 e. The number of nitrogens with zero attached hydrogens (tertiary/aromatic N) is 2. The number of amides is 2. The summed E-state index contributed by atoms with van der Waals surface area (Å²) >= 11 is 0.